The van der Waals surface area contributed by atoms with Crippen molar-refractivity contribution < 1.29 is 18.4 Å². The molecule has 0 radical (unpaired) electrons. The van der Waals surface area contributed by atoms with Crippen LogP contribution in [-0.2, 0) is 9.59 Å². The third-order valence-electron chi connectivity index (χ3n) is 19.7. The summed E-state index contributed by atoms with van der Waals surface area (Å²) in [5, 5.41) is 0. The van der Waals surface area contributed by atoms with Crippen LogP contribution in [-0.4, -0.2) is 23.9 Å². The molecule has 0 aromatic carbocycles. The van der Waals surface area contributed by atoms with Gasteiger partial charge >= 0.3 is 0 Å². The fourth-order valence-electron chi connectivity index (χ4n) is 15.5. The van der Waals surface area contributed by atoms with Crippen LogP contribution >= 0.6 is 0 Å². The summed E-state index contributed by atoms with van der Waals surface area (Å²) < 4.78 is 31.4. The number of rotatable bonds is 11. The molecule has 0 aromatic rings. The van der Waals surface area contributed by atoms with Crippen LogP contribution in [0.5, 0.6) is 0 Å². The van der Waals surface area contributed by atoms with E-state index in [1.807, 2.05) is 0 Å². The molecule has 0 bridgehead atoms. The van der Waals surface area contributed by atoms with Crippen LogP contribution in [0.4, 0.5) is 8.78 Å². The van der Waals surface area contributed by atoms with Crippen LogP contribution in [0.3, 0.4) is 0 Å². The van der Waals surface area contributed by atoms with Gasteiger partial charge in [-0.3, -0.25) is 9.59 Å². The summed E-state index contributed by atoms with van der Waals surface area (Å²) in [5.74, 6) is 7.25. The maximum Gasteiger partial charge on any atom is 0.151 e. The highest BCUT2D eigenvalue weighted by molar-refractivity contribution is 5.99. The van der Waals surface area contributed by atoms with Gasteiger partial charge in [-0.25, -0.2) is 8.78 Å². The third kappa shape index (κ3) is 8.67. The van der Waals surface area contributed by atoms with Crippen molar-refractivity contribution in [1.29, 1.82) is 0 Å². The van der Waals surface area contributed by atoms with Crippen LogP contribution in [0.2, 0.25) is 0 Å². The minimum atomic E-state index is -0.837. The molecule has 57 heavy (non-hydrogen) atoms. The van der Waals surface area contributed by atoms with Gasteiger partial charge in [0.1, 0.15) is 12.3 Å². The number of Topliss-reactive ketones (excluding diaryl/α,β-unsaturated/α-hetero) is 2. The first-order chi connectivity index (χ1) is 27.5. The Morgan fingerprint density at radius 2 is 0.684 bits per heavy atom. The molecule has 0 saturated heterocycles. The highest BCUT2D eigenvalue weighted by Crippen LogP contribution is 2.67. The first-order valence-corrected chi connectivity index (χ1v) is 25.9. The molecule has 8 rings (SSSR count). The van der Waals surface area contributed by atoms with Gasteiger partial charge in [0, 0.05) is 0 Å². The number of carbonyl (C=O) groups is 2. The van der Waals surface area contributed by atoms with Crippen LogP contribution in [0.15, 0.2) is 0 Å². The lowest BCUT2D eigenvalue weighted by Crippen LogP contribution is -2.69. The average molecular weight is 795 g/mol. The van der Waals surface area contributed by atoms with E-state index in [-0.39, 0.29) is 0 Å². The molecule has 4 heteroatoms. The van der Waals surface area contributed by atoms with E-state index in [1.54, 1.807) is 0 Å². The zero-order valence-corrected chi connectivity index (χ0v) is 37.7. The number of hydrogen-bond acceptors (Lipinski definition) is 2. The highest BCUT2D eigenvalue weighted by atomic mass is 19.1. The monoisotopic (exact) mass is 795 g/mol. The normalized spacial score (nSPS) is 46.1. The molecule has 2 nitrogen and oxygen atoms in total. The van der Waals surface area contributed by atoms with Gasteiger partial charge in [0.2, 0.25) is 0 Å². The van der Waals surface area contributed by atoms with Crippen LogP contribution in [0.25, 0.3) is 0 Å². The minimum Gasteiger partial charge on any atom is -0.298 e. The topological polar surface area (TPSA) is 34.1 Å². The SMILES string of the molecule is CCCCCC1CCC2(CC1)C(=O)C1(CCC(C3CCC(C)CC3)CC1)[C@@H]2F.CCCCCCC1CCC2(CC1)C(=O)C1(CCC(C3CCC(C)CC3)CC1)[C@@H]2F. The van der Waals surface area contributed by atoms with E-state index < -0.39 is 34.0 Å². The van der Waals surface area contributed by atoms with Crippen molar-refractivity contribution in [3.63, 3.8) is 0 Å². The molecule has 8 aliphatic rings. The second-order valence-electron chi connectivity index (χ2n) is 23.0. The standard InChI is InChI=1S/C27H45FO.C26H43FO/c1-3-4-5-6-7-21-12-16-26(17-13-21)24(28)27(25(26)29)18-14-23(15-19-27)22-10-8-20(2)9-11-22;1-3-4-5-6-20-11-15-25(16-12-20)23(27)26(24(25)28)17-13-22(14-18-26)21-9-7-19(2)8-10-21/h20-24H,3-19H2,1-2H3;19-23H,3-18H2,1-2H3/t20?,21?,22?,23?,24-,26?,27?;19?,20?,21?,22?,23-,25?,26?/m11/s1. The van der Waals surface area contributed by atoms with Crippen molar-refractivity contribution in [2.24, 2.45) is 69.0 Å². The Kier molecular flexibility index (Phi) is 14.8. The number of unbranched alkanes of at least 4 members (excludes halogenated alkanes) is 5. The molecule has 0 N–H and O–H groups in total. The van der Waals surface area contributed by atoms with Crippen molar-refractivity contribution in [1.82, 2.24) is 0 Å². The minimum absolute atomic E-state index is 0.357. The van der Waals surface area contributed by atoms with Gasteiger partial charge in [0.05, 0.1) is 21.7 Å². The number of halogens is 2. The summed E-state index contributed by atoms with van der Waals surface area (Å²) in [6.07, 6.45) is 36.7. The zero-order chi connectivity index (χ0) is 40.3. The lowest BCUT2D eigenvalue weighted by molar-refractivity contribution is -0.194. The molecule has 8 aliphatic carbocycles. The fourth-order valence-corrected chi connectivity index (χ4v) is 15.5. The Labute approximate surface area is 349 Å². The largest absolute Gasteiger partial charge is 0.298 e. The Bertz CT molecular complexity index is 1270. The fraction of sp³-hybridized carbons (Fsp3) is 0.962. The van der Waals surface area contributed by atoms with Crippen molar-refractivity contribution in [3.8, 4) is 0 Å². The highest BCUT2D eigenvalue weighted by Gasteiger charge is 2.73. The van der Waals surface area contributed by atoms with E-state index in [4.69, 9.17) is 0 Å². The Morgan fingerprint density at radius 3 is 1.00 bits per heavy atom. The van der Waals surface area contributed by atoms with E-state index in [2.05, 4.69) is 27.7 Å². The molecule has 0 aromatic heterocycles. The molecule has 8 saturated carbocycles. The molecular weight excluding hydrogens is 707 g/mol. The summed E-state index contributed by atoms with van der Waals surface area (Å²) in [6, 6.07) is 0. The molecule has 4 spiro atoms. The zero-order valence-electron chi connectivity index (χ0n) is 37.7. The van der Waals surface area contributed by atoms with Gasteiger partial charge in [-0.05, 0) is 176 Å². The second kappa shape index (κ2) is 19.1. The van der Waals surface area contributed by atoms with E-state index in [1.165, 1.54) is 109 Å². The summed E-state index contributed by atoms with van der Waals surface area (Å²) in [4.78, 5) is 26.8. The lowest BCUT2D eigenvalue weighted by atomic mass is 9.41. The van der Waals surface area contributed by atoms with Gasteiger partial charge in [0.25, 0.3) is 0 Å². The molecule has 0 aliphatic heterocycles. The Morgan fingerprint density at radius 1 is 0.404 bits per heavy atom. The quantitative estimate of drug-likeness (QED) is 0.195. The van der Waals surface area contributed by atoms with Gasteiger partial charge in [-0.2, -0.15) is 0 Å². The first kappa shape index (κ1) is 44.3. The van der Waals surface area contributed by atoms with Crippen molar-refractivity contribution in [2.45, 2.75) is 252 Å². The molecular formula is C53H88F2O2. The molecule has 0 amide bonds. The molecule has 8 fully saturated rings. The van der Waals surface area contributed by atoms with Gasteiger partial charge in [0.15, 0.2) is 11.6 Å². The maximum atomic E-state index is 15.7. The lowest BCUT2D eigenvalue weighted by Gasteiger charge is -2.61. The summed E-state index contributed by atoms with van der Waals surface area (Å²) in [5.41, 5.74) is -2.25. The number of carbonyl (C=O) groups excluding carboxylic acids is 2. The van der Waals surface area contributed by atoms with E-state index in [9.17, 15) is 9.59 Å². The molecule has 0 heterocycles. The number of ketones is 2. The number of hydrogen-bond donors (Lipinski definition) is 0. The predicted molar refractivity (Wildman–Crippen MR) is 233 cm³/mol. The van der Waals surface area contributed by atoms with Crippen molar-refractivity contribution >= 4 is 11.6 Å². The summed E-state index contributed by atoms with van der Waals surface area (Å²) >= 11 is 0. The van der Waals surface area contributed by atoms with Gasteiger partial charge in [-0.1, -0.05) is 111 Å². The second-order valence-corrected chi connectivity index (χ2v) is 23.0. The number of alkyl halides is 2. The van der Waals surface area contributed by atoms with Gasteiger partial charge in [-0.15, -0.1) is 0 Å². The van der Waals surface area contributed by atoms with E-state index in [0.717, 1.165) is 150 Å². The van der Waals surface area contributed by atoms with E-state index >= 15 is 8.78 Å². The summed E-state index contributed by atoms with van der Waals surface area (Å²) in [6.45, 7) is 9.27. The average Bonchev–Trinajstić information content (AvgIpc) is 3.26. The van der Waals surface area contributed by atoms with Crippen molar-refractivity contribution in [2.75, 3.05) is 0 Å². The van der Waals surface area contributed by atoms with Crippen molar-refractivity contribution in [3.05, 3.63) is 0 Å². The van der Waals surface area contributed by atoms with E-state index in [0.29, 0.717) is 11.6 Å². The maximum absolute atomic E-state index is 15.7. The van der Waals surface area contributed by atoms with Gasteiger partial charge < -0.3 is 0 Å². The molecule has 2 atom stereocenters. The Balaban J connectivity index is 0.000000174. The van der Waals surface area contributed by atoms with Crippen LogP contribution < -0.4 is 0 Å². The molecule has 326 valence electrons. The Hall–Kier alpha value is -0.800. The van der Waals surface area contributed by atoms with Crippen LogP contribution in [0, 0.1) is 69.0 Å². The van der Waals surface area contributed by atoms with Crippen LogP contribution in [0.1, 0.15) is 240 Å². The summed E-state index contributed by atoms with van der Waals surface area (Å²) in [7, 11) is 0. The first-order valence-electron chi connectivity index (χ1n) is 25.9. The predicted octanol–water partition coefficient (Wildman–Crippen LogP) is 15.7. The molecule has 0 unspecified atom stereocenters. The smallest absolute Gasteiger partial charge is 0.151 e. The third-order valence-corrected chi connectivity index (χ3v) is 19.7.